The fourth-order valence-corrected chi connectivity index (χ4v) is 2.28. The Bertz CT molecular complexity index is 474. The Labute approximate surface area is 124 Å². The molecule has 1 heterocycles. The van der Waals surface area contributed by atoms with Gasteiger partial charge in [-0.2, -0.15) is 0 Å². The Kier molecular flexibility index (Phi) is 5.60. The molecule has 1 amide bonds. The molecule has 0 saturated carbocycles. The van der Waals surface area contributed by atoms with Gasteiger partial charge in [-0.25, -0.2) is 4.79 Å². The average Bonchev–Trinajstić information content (AvgIpc) is 2.87. The van der Waals surface area contributed by atoms with E-state index in [0.29, 0.717) is 6.42 Å². The van der Waals surface area contributed by atoms with E-state index in [1.165, 1.54) is 4.90 Å². The number of ether oxygens (including phenoxy) is 2. The van der Waals surface area contributed by atoms with Crippen molar-refractivity contribution in [3.63, 3.8) is 0 Å². The number of carbonyl (C=O) groups excluding carboxylic acids is 2. The third-order valence-corrected chi connectivity index (χ3v) is 3.51. The van der Waals surface area contributed by atoms with E-state index in [0.717, 1.165) is 24.8 Å². The molecular formula is C16H21NO4. The lowest BCUT2D eigenvalue weighted by Crippen LogP contribution is -2.31. The van der Waals surface area contributed by atoms with Crippen molar-refractivity contribution in [2.75, 3.05) is 13.3 Å². The minimum atomic E-state index is -0.440. The average molecular weight is 291 g/mol. The lowest BCUT2D eigenvalue weighted by molar-refractivity contribution is -0.147. The number of amides is 1. The standard InChI is InChI=1S/C16H21NO4/c1-2-3-5-10-15(18)21-12-17-14(11-20-16(17)19)13-8-6-4-7-9-13/h4,6-9,14H,2-3,5,10-12H2,1H3. The number of nitrogens with zero attached hydrogens (tertiary/aromatic N) is 1. The van der Waals surface area contributed by atoms with Crippen LogP contribution in [0.3, 0.4) is 0 Å². The van der Waals surface area contributed by atoms with Gasteiger partial charge in [0.2, 0.25) is 0 Å². The largest absolute Gasteiger partial charge is 0.447 e. The maximum absolute atomic E-state index is 11.7. The Balaban J connectivity index is 1.88. The number of rotatable bonds is 7. The molecule has 1 aromatic carbocycles. The summed E-state index contributed by atoms with van der Waals surface area (Å²) >= 11 is 0. The first-order valence-electron chi connectivity index (χ1n) is 7.36. The van der Waals surface area contributed by atoms with E-state index in [-0.39, 0.29) is 25.3 Å². The number of cyclic esters (lactones) is 1. The van der Waals surface area contributed by atoms with Crippen LogP contribution in [0.2, 0.25) is 0 Å². The summed E-state index contributed by atoms with van der Waals surface area (Å²) in [4.78, 5) is 24.8. The summed E-state index contributed by atoms with van der Waals surface area (Å²) in [5.41, 5.74) is 0.977. The van der Waals surface area contributed by atoms with Crippen LogP contribution in [-0.2, 0) is 14.3 Å². The van der Waals surface area contributed by atoms with Crippen LogP contribution >= 0.6 is 0 Å². The SMILES string of the molecule is CCCCCC(=O)OCN1C(=O)OCC1c1ccccc1. The lowest BCUT2D eigenvalue weighted by Gasteiger charge is -2.21. The fraction of sp³-hybridized carbons (Fsp3) is 0.500. The van der Waals surface area contributed by atoms with E-state index in [4.69, 9.17) is 9.47 Å². The number of hydrogen-bond donors (Lipinski definition) is 0. The van der Waals surface area contributed by atoms with E-state index in [1.807, 2.05) is 30.3 Å². The van der Waals surface area contributed by atoms with Gasteiger partial charge in [-0.15, -0.1) is 0 Å². The molecule has 0 N–H and O–H groups in total. The zero-order chi connectivity index (χ0) is 15.1. The molecule has 1 aliphatic heterocycles. The summed E-state index contributed by atoms with van der Waals surface area (Å²) in [5.74, 6) is -0.269. The highest BCUT2D eigenvalue weighted by Crippen LogP contribution is 2.27. The first-order chi connectivity index (χ1) is 10.2. The third kappa shape index (κ3) is 4.21. The van der Waals surface area contributed by atoms with Crippen LogP contribution < -0.4 is 0 Å². The predicted molar refractivity (Wildman–Crippen MR) is 77.5 cm³/mol. The molecule has 1 unspecified atom stereocenters. The highest BCUT2D eigenvalue weighted by atomic mass is 16.6. The van der Waals surface area contributed by atoms with Gasteiger partial charge in [0.15, 0.2) is 6.73 Å². The van der Waals surface area contributed by atoms with Gasteiger partial charge >= 0.3 is 12.1 Å². The monoisotopic (exact) mass is 291 g/mol. The summed E-state index contributed by atoms with van der Waals surface area (Å²) in [6, 6.07) is 9.41. The minimum Gasteiger partial charge on any atom is -0.447 e. The minimum absolute atomic E-state index is 0.0522. The van der Waals surface area contributed by atoms with Crippen molar-refractivity contribution in [2.24, 2.45) is 0 Å². The number of benzene rings is 1. The molecule has 2 rings (SSSR count). The molecule has 1 fully saturated rings. The normalized spacial score (nSPS) is 17.7. The Morgan fingerprint density at radius 1 is 1.33 bits per heavy atom. The maximum atomic E-state index is 11.7. The first-order valence-corrected chi connectivity index (χ1v) is 7.36. The van der Waals surface area contributed by atoms with Gasteiger partial charge in [0.05, 0.1) is 6.04 Å². The third-order valence-electron chi connectivity index (χ3n) is 3.51. The van der Waals surface area contributed by atoms with Crippen LogP contribution in [0, 0.1) is 0 Å². The molecule has 0 spiro atoms. The van der Waals surface area contributed by atoms with Crippen LogP contribution in [0.25, 0.3) is 0 Å². The maximum Gasteiger partial charge on any atom is 0.413 e. The van der Waals surface area contributed by atoms with Gasteiger partial charge < -0.3 is 9.47 Å². The smallest absolute Gasteiger partial charge is 0.413 e. The van der Waals surface area contributed by atoms with E-state index < -0.39 is 6.09 Å². The van der Waals surface area contributed by atoms with Crippen LogP contribution in [0.5, 0.6) is 0 Å². The molecule has 5 nitrogen and oxygen atoms in total. The van der Waals surface area contributed by atoms with Gasteiger partial charge in [0, 0.05) is 6.42 Å². The van der Waals surface area contributed by atoms with E-state index in [9.17, 15) is 9.59 Å². The highest BCUT2D eigenvalue weighted by molar-refractivity contribution is 5.72. The van der Waals surface area contributed by atoms with Crippen LogP contribution in [0.15, 0.2) is 30.3 Å². The highest BCUT2D eigenvalue weighted by Gasteiger charge is 2.34. The topological polar surface area (TPSA) is 55.8 Å². The Hall–Kier alpha value is -2.04. The van der Waals surface area contributed by atoms with Crippen LogP contribution in [0.1, 0.15) is 44.2 Å². The van der Waals surface area contributed by atoms with E-state index in [1.54, 1.807) is 0 Å². The number of hydrogen-bond acceptors (Lipinski definition) is 4. The second kappa shape index (κ2) is 7.67. The zero-order valence-electron chi connectivity index (χ0n) is 12.3. The molecule has 1 aromatic rings. The van der Waals surface area contributed by atoms with Gasteiger partial charge in [-0.1, -0.05) is 50.1 Å². The molecule has 0 radical (unpaired) electrons. The van der Waals surface area contributed by atoms with Crippen molar-refractivity contribution < 1.29 is 19.1 Å². The summed E-state index contributed by atoms with van der Waals surface area (Å²) in [6.07, 6.45) is 2.84. The lowest BCUT2D eigenvalue weighted by atomic mass is 10.1. The summed E-state index contributed by atoms with van der Waals surface area (Å²) in [6.45, 7) is 2.32. The van der Waals surface area contributed by atoms with Gasteiger partial charge in [-0.05, 0) is 12.0 Å². The Morgan fingerprint density at radius 3 is 2.81 bits per heavy atom. The van der Waals surface area contributed by atoms with Crippen molar-refractivity contribution >= 4 is 12.1 Å². The summed E-state index contributed by atoms with van der Waals surface area (Å²) in [7, 11) is 0. The van der Waals surface area contributed by atoms with Crippen LogP contribution in [-0.4, -0.2) is 30.3 Å². The van der Waals surface area contributed by atoms with E-state index in [2.05, 4.69) is 6.92 Å². The van der Waals surface area contributed by atoms with Crippen molar-refractivity contribution in [3.05, 3.63) is 35.9 Å². The second-order valence-corrected chi connectivity index (χ2v) is 5.08. The van der Waals surface area contributed by atoms with Crippen molar-refractivity contribution in [3.8, 4) is 0 Å². The Morgan fingerprint density at radius 2 is 2.10 bits per heavy atom. The quantitative estimate of drug-likeness (QED) is 0.571. The van der Waals surface area contributed by atoms with E-state index >= 15 is 0 Å². The number of unbranched alkanes of at least 4 members (excludes halogenated alkanes) is 2. The fourth-order valence-electron chi connectivity index (χ4n) is 2.28. The predicted octanol–water partition coefficient (Wildman–Crippen LogP) is 3.26. The summed E-state index contributed by atoms with van der Waals surface area (Å²) in [5, 5.41) is 0. The number of esters is 1. The van der Waals surface area contributed by atoms with Crippen molar-refractivity contribution in [1.29, 1.82) is 0 Å². The molecule has 0 aliphatic carbocycles. The van der Waals surface area contributed by atoms with Crippen LogP contribution in [0.4, 0.5) is 4.79 Å². The van der Waals surface area contributed by atoms with Crippen molar-refractivity contribution in [1.82, 2.24) is 4.90 Å². The second-order valence-electron chi connectivity index (χ2n) is 5.08. The summed E-state index contributed by atoms with van der Waals surface area (Å²) < 4.78 is 10.2. The zero-order valence-corrected chi connectivity index (χ0v) is 12.3. The molecule has 1 aliphatic rings. The first kappa shape index (κ1) is 15.4. The molecule has 5 heteroatoms. The molecule has 114 valence electrons. The van der Waals surface area contributed by atoms with Gasteiger partial charge in [0.25, 0.3) is 0 Å². The van der Waals surface area contributed by atoms with Crippen molar-refractivity contribution in [2.45, 2.75) is 38.6 Å². The molecule has 1 saturated heterocycles. The van der Waals surface area contributed by atoms with Gasteiger partial charge in [0.1, 0.15) is 6.61 Å². The molecular weight excluding hydrogens is 270 g/mol. The molecule has 21 heavy (non-hydrogen) atoms. The molecule has 0 bridgehead atoms. The van der Waals surface area contributed by atoms with Gasteiger partial charge in [-0.3, -0.25) is 9.69 Å². The molecule has 1 atom stereocenters. The molecule has 0 aromatic heterocycles. The number of carbonyl (C=O) groups is 2.